The van der Waals surface area contributed by atoms with E-state index >= 15 is 0 Å². The van der Waals surface area contributed by atoms with Gasteiger partial charge in [-0.2, -0.15) is 0 Å². The Bertz CT molecular complexity index is 592. The van der Waals surface area contributed by atoms with Crippen LogP contribution >= 0.6 is 0 Å². The minimum absolute atomic E-state index is 0.179. The standard InChI is InChI=1S/C16H16O3/c1-18-16-7-6-11(9-14(16)17)13-8-12-4-2-3-5-15(12)19-10-13/h2-7,9,13,17H,8,10H2,1H3/t13-/m1/s1. The first-order valence-electron chi connectivity index (χ1n) is 6.35. The van der Waals surface area contributed by atoms with Crippen molar-refractivity contribution in [1.29, 1.82) is 0 Å². The Balaban J connectivity index is 1.87. The van der Waals surface area contributed by atoms with Crippen LogP contribution in [0.25, 0.3) is 0 Å². The molecule has 0 bridgehead atoms. The number of para-hydroxylation sites is 1. The number of fused-ring (bicyclic) bond motifs is 1. The number of phenolic OH excluding ortho intramolecular Hbond substituents is 1. The van der Waals surface area contributed by atoms with Crippen molar-refractivity contribution in [1.82, 2.24) is 0 Å². The molecule has 1 aliphatic rings. The summed E-state index contributed by atoms with van der Waals surface area (Å²) in [6, 6.07) is 13.6. The quantitative estimate of drug-likeness (QED) is 0.897. The van der Waals surface area contributed by atoms with Crippen molar-refractivity contribution < 1.29 is 14.6 Å². The van der Waals surface area contributed by atoms with Gasteiger partial charge < -0.3 is 14.6 Å². The maximum atomic E-state index is 9.85. The maximum absolute atomic E-state index is 9.85. The highest BCUT2D eigenvalue weighted by atomic mass is 16.5. The fourth-order valence-electron chi connectivity index (χ4n) is 2.50. The van der Waals surface area contributed by atoms with E-state index < -0.39 is 0 Å². The second-order valence-corrected chi connectivity index (χ2v) is 4.75. The van der Waals surface area contributed by atoms with Crippen LogP contribution in [0.4, 0.5) is 0 Å². The molecule has 3 heteroatoms. The first-order chi connectivity index (χ1) is 9.28. The Morgan fingerprint density at radius 2 is 2.05 bits per heavy atom. The molecule has 0 saturated carbocycles. The van der Waals surface area contributed by atoms with E-state index in [4.69, 9.17) is 9.47 Å². The Hall–Kier alpha value is -2.16. The fourth-order valence-corrected chi connectivity index (χ4v) is 2.50. The molecule has 0 spiro atoms. The highest BCUT2D eigenvalue weighted by Crippen LogP contribution is 2.35. The van der Waals surface area contributed by atoms with Crippen LogP contribution in [0.3, 0.4) is 0 Å². The molecule has 1 heterocycles. The average molecular weight is 256 g/mol. The van der Waals surface area contributed by atoms with Gasteiger partial charge >= 0.3 is 0 Å². The molecule has 0 radical (unpaired) electrons. The van der Waals surface area contributed by atoms with Crippen LogP contribution in [-0.2, 0) is 6.42 Å². The Morgan fingerprint density at radius 3 is 2.84 bits per heavy atom. The molecule has 0 saturated heterocycles. The third-order valence-electron chi connectivity index (χ3n) is 3.55. The summed E-state index contributed by atoms with van der Waals surface area (Å²) in [6.45, 7) is 0.642. The number of methoxy groups -OCH3 is 1. The summed E-state index contributed by atoms with van der Waals surface area (Å²) < 4.78 is 10.8. The van der Waals surface area contributed by atoms with E-state index in [0.29, 0.717) is 12.4 Å². The van der Waals surface area contributed by atoms with Crippen LogP contribution in [0, 0.1) is 0 Å². The normalized spacial score (nSPS) is 17.4. The molecule has 0 fully saturated rings. The minimum atomic E-state index is 0.179. The predicted molar refractivity (Wildman–Crippen MR) is 73.0 cm³/mol. The lowest BCUT2D eigenvalue weighted by molar-refractivity contribution is 0.262. The summed E-state index contributed by atoms with van der Waals surface area (Å²) in [6.07, 6.45) is 0.932. The second kappa shape index (κ2) is 4.84. The van der Waals surface area contributed by atoms with Crippen molar-refractivity contribution in [2.24, 2.45) is 0 Å². The van der Waals surface area contributed by atoms with E-state index in [-0.39, 0.29) is 11.7 Å². The van der Waals surface area contributed by atoms with Gasteiger partial charge in [0.25, 0.3) is 0 Å². The van der Waals surface area contributed by atoms with Crippen LogP contribution < -0.4 is 9.47 Å². The zero-order chi connectivity index (χ0) is 13.2. The molecule has 0 aromatic heterocycles. The lowest BCUT2D eigenvalue weighted by Crippen LogP contribution is -2.19. The molecule has 98 valence electrons. The van der Waals surface area contributed by atoms with Crippen molar-refractivity contribution in [3.05, 3.63) is 53.6 Å². The van der Waals surface area contributed by atoms with Crippen molar-refractivity contribution in [2.75, 3.05) is 13.7 Å². The van der Waals surface area contributed by atoms with Crippen LogP contribution in [-0.4, -0.2) is 18.8 Å². The van der Waals surface area contributed by atoms with Crippen LogP contribution in [0.1, 0.15) is 17.0 Å². The summed E-state index contributed by atoms with van der Waals surface area (Å²) in [5.41, 5.74) is 2.29. The molecule has 0 unspecified atom stereocenters. The largest absolute Gasteiger partial charge is 0.504 e. The van der Waals surface area contributed by atoms with Crippen LogP contribution in [0.2, 0.25) is 0 Å². The molecule has 19 heavy (non-hydrogen) atoms. The number of hydrogen-bond acceptors (Lipinski definition) is 3. The van der Waals surface area contributed by atoms with Gasteiger partial charge in [-0.3, -0.25) is 0 Å². The van der Waals surface area contributed by atoms with E-state index in [9.17, 15) is 5.11 Å². The summed E-state index contributed by atoms with van der Waals surface area (Å²) in [4.78, 5) is 0. The van der Waals surface area contributed by atoms with Gasteiger partial charge in [0.1, 0.15) is 5.75 Å². The number of aromatic hydroxyl groups is 1. The summed E-state index contributed by atoms with van der Waals surface area (Å²) >= 11 is 0. The number of rotatable bonds is 2. The van der Waals surface area contributed by atoms with Crippen molar-refractivity contribution in [3.63, 3.8) is 0 Å². The minimum Gasteiger partial charge on any atom is -0.504 e. The smallest absolute Gasteiger partial charge is 0.160 e. The van der Waals surface area contributed by atoms with E-state index in [0.717, 1.165) is 17.7 Å². The Kier molecular flexibility index (Phi) is 3.03. The van der Waals surface area contributed by atoms with Crippen LogP contribution in [0.15, 0.2) is 42.5 Å². The molecule has 1 N–H and O–H groups in total. The average Bonchev–Trinajstić information content (AvgIpc) is 2.46. The summed E-state index contributed by atoms with van der Waals surface area (Å²) in [7, 11) is 1.55. The first-order valence-corrected chi connectivity index (χ1v) is 6.35. The monoisotopic (exact) mass is 256 g/mol. The van der Waals surface area contributed by atoms with Gasteiger partial charge in [0.05, 0.1) is 13.7 Å². The van der Waals surface area contributed by atoms with Crippen molar-refractivity contribution in [2.45, 2.75) is 12.3 Å². The molecule has 1 aliphatic heterocycles. The van der Waals surface area contributed by atoms with Crippen LogP contribution in [0.5, 0.6) is 17.2 Å². The SMILES string of the molecule is COc1ccc([C@H]2COc3ccccc3C2)cc1O. The first kappa shape index (κ1) is 11.9. The zero-order valence-corrected chi connectivity index (χ0v) is 10.8. The lowest BCUT2D eigenvalue weighted by Gasteiger charge is -2.25. The Morgan fingerprint density at radius 1 is 1.21 bits per heavy atom. The number of phenols is 1. The van der Waals surface area contributed by atoms with E-state index in [1.165, 1.54) is 5.56 Å². The zero-order valence-electron chi connectivity index (χ0n) is 10.8. The molecule has 2 aromatic carbocycles. The number of benzene rings is 2. The highest BCUT2D eigenvalue weighted by molar-refractivity contribution is 5.44. The van der Waals surface area contributed by atoms with E-state index in [1.807, 2.05) is 24.3 Å². The molecule has 3 rings (SSSR count). The fraction of sp³-hybridized carbons (Fsp3) is 0.250. The number of ether oxygens (including phenoxy) is 2. The molecule has 3 nitrogen and oxygen atoms in total. The van der Waals surface area contributed by atoms with Crippen molar-refractivity contribution >= 4 is 0 Å². The van der Waals surface area contributed by atoms with E-state index in [2.05, 4.69) is 6.07 Å². The van der Waals surface area contributed by atoms with E-state index in [1.54, 1.807) is 19.2 Å². The molecule has 0 amide bonds. The van der Waals surface area contributed by atoms with Gasteiger partial charge in [0, 0.05) is 5.92 Å². The molecule has 1 atom stereocenters. The topological polar surface area (TPSA) is 38.7 Å². The highest BCUT2D eigenvalue weighted by Gasteiger charge is 2.21. The molecule has 0 aliphatic carbocycles. The van der Waals surface area contributed by atoms with Gasteiger partial charge in [-0.05, 0) is 35.7 Å². The van der Waals surface area contributed by atoms with Gasteiger partial charge in [-0.15, -0.1) is 0 Å². The van der Waals surface area contributed by atoms with Gasteiger partial charge in [-0.25, -0.2) is 0 Å². The molecule has 2 aromatic rings. The lowest BCUT2D eigenvalue weighted by atomic mass is 9.90. The van der Waals surface area contributed by atoms with Gasteiger partial charge in [0.2, 0.25) is 0 Å². The summed E-state index contributed by atoms with van der Waals surface area (Å²) in [5.74, 6) is 1.92. The maximum Gasteiger partial charge on any atom is 0.160 e. The van der Waals surface area contributed by atoms with Gasteiger partial charge in [-0.1, -0.05) is 24.3 Å². The summed E-state index contributed by atoms with van der Waals surface area (Å²) in [5, 5.41) is 9.85. The Labute approximate surface area is 112 Å². The number of hydrogen-bond donors (Lipinski definition) is 1. The third-order valence-corrected chi connectivity index (χ3v) is 3.55. The third kappa shape index (κ3) is 2.24. The molecular weight excluding hydrogens is 240 g/mol. The second-order valence-electron chi connectivity index (χ2n) is 4.75. The predicted octanol–water partition coefficient (Wildman–Crippen LogP) is 3.12. The van der Waals surface area contributed by atoms with Crippen molar-refractivity contribution in [3.8, 4) is 17.2 Å². The molecular formula is C16H16O3. The van der Waals surface area contributed by atoms with Gasteiger partial charge in [0.15, 0.2) is 11.5 Å².